The molecule has 270 valence electrons. The third kappa shape index (κ3) is 9.78. The molecule has 3 heterocycles. The van der Waals surface area contributed by atoms with Crippen molar-refractivity contribution in [2.24, 2.45) is 0 Å². The molecule has 1 fully saturated rings. The van der Waals surface area contributed by atoms with Crippen molar-refractivity contribution in [2.45, 2.75) is 39.0 Å². The van der Waals surface area contributed by atoms with Crippen molar-refractivity contribution in [3.05, 3.63) is 126 Å². The zero-order chi connectivity index (χ0) is 36.1. The average molecular weight is 704 g/mol. The molecule has 0 saturated carbocycles. The highest BCUT2D eigenvalue weighted by molar-refractivity contribution is 6.01. The van der Waals surface area contributed by atoms with Gasteiger partial charge in [0.05, 0.1) is 25.3 Å². The lowest BCUT2D eigenvalue weighted by Crippen LogP contribution is -2.46. The third-order valence-corrected chi connectivity index (χ3v) is 9.03. The average Bonchev–Trinajstić information content (AvgIpc) is 3.90. The highest BCUT2D eigenvalue weighted by atomic mass is 16.6. The molecule has 5 aromatic rings. The number of amides is 2. The number of para-hydroxylation sites is 1. The van der Waals surface area contributed by atoms with E-state index in [9.17, 15) is 14.4 Å². The van der Waals surface area contributed by atoms with Crippen LogP contribution in [0.3, 0.4) is 0 Å². The van der Waals surface area contributed by atoms with Crippen LogP contribution >= 0.6 is 0 Å². The molecule has 0 unspecified atom stereocenters. The molecular formula is C39H45N9O4. The number of anilines is 1. The first-order valence-corrected chi connectivity index (χ1v) is 17.7. The molecule has 52 heavy (non-hydrogen) atoms. The highest BCUT2D eigenvalue weighted by Crippen LogP contribution is 2.28. The molecule has 0 atom stereocenters. The molecular weight excluding hydrogens is 658 g/mol. The zero-order valence-electron chi connectivity index (χ0n) is 29.3. The van der Waals surface area contributed by atoms with Crippen LogP contribution < -0.4 is 10.6 Å². The van der Waals surface area contributed by atoms with E-state index in [1.165, 1.54) is 0 Å². The number of hydrogen-bond acceptors (Lipinski definition) is 9. The lowest BCUT2D eigenvalue weighted by molar-refractivity contribution is -0.0218. The van der Waals surface area contributed by atoms with Gasteiger partial charge < -0.3 is 24.9 Å². The second-order valence-corrected chi connectivity index (χ2v) is 12.6. The molecule has 2 aromatic heterocycles. The van der Waals surface area contributed by atoms with Crippen molar-refractivity contribution < 1.29 is 19.1 Å². The van der Waals surface area contributed by atoms with Crippen molar-refractivity contribution in [2.75, 3.05) is 44.6 Å². The Bertz CT molecular complexity index is 1840. The van der Waals surface area contributed by atoms with Gasteiger partial charge in [0.1, 0.15) is 17.8 Å². The fraction of sp³-hybridized carbons (Fsp3) is 0.308. The Morgan fingerprint density at radius 1 is 0.865 bits per heavy atom. The number of aromatic nitrogens is 4. The van der Waals surface area contributed by atoms with E-state index in [4.69, 9.17) is 4.74 Å². The molecule has 13 nitrogen and oxygen atoms in total. The summed E-state index contributed by atoms with van der Waals surface area (Å²) in [5.74, 6) is 1.13. The molecule has 13 heteroatoms. The van der Waals surface area contributed by atoms with Gasteiger partial charge in [0, 0.05) is 74.2 Å². The molecule has 0 aliphatic carbocycles. The van der Waals surface area contributed by atoms with Gasteiger partial charge in [-0.3, -0.25) is 19.9 Å². The summed E-state index contributed by atoms with van der Waals surface area (Å²) >= 11 is 0. The maximum atomic E-state index is 13.8. The summed E-state index contributed by atoms with van der Waals surface area (Å²) < 4.78 is 5.77. The van der Waals surface area contributed by atoms with Gasteiger partial charge in [0.2, 0.25) is 0 Å². The van der Waals surface area contributed by atoms with Gasteiger partial charge in [-0.15, -0.1) is 0 Å². The third-order valence-electron chi connectivity index (χ3n) is 9.03. The number of H-pyrrole nitrogens is 2. The minimum absolute atomic E-state index is 0.0901. The summed E-state index contributed by atoms with van der Waals surface area (Å²) in [5.41, 5.74) is 3.58. The summed E-state index contributed by atoms with van der Waals surface area (Å²) in [5, 5.41) is 9.72. The Balaban J connectivity index is 0.938. The highest BCUT2D eigenvalue weighted by Gasteiger charge is 2.25. The van der Waals surface area contributed by atoms with Gasteiger partial charge in [-0.05, 0) is 43.5 Å². The fourth-order valence-corrected chi connectivity index (χ4v) is 6.33. The Labute approximate surface area is 303 Å². The topological polar surface area (TPSA) is 152 Å². The maximum absolute atomic E-state index is 13.8. The smallest absolute Gasteiger partial charge is 0.411 e. The number of Topliss-reactive ketones (excluding diaryl/α,β-unsaturated/α-hetero) is 1. The molecule has 0 radical (unpaired) electrons. The molecule has 1 aliphatic heterocycles. The Morgan fingerprint density at radius 3 is 2.21 bits per heavy atom. The lowest BCUT2D eigenvalue weighted by Gasteiger charge is -2.33. The van der Waals surface area contributed by atoms with Crippen LogP contribution in [0.5, 0.6) is 0 Å². The molecule has 1 aliphatic rings. The van der Waals surface area contributed by atoms with E-state index in [1.807, 2.05) is 66.5 Å². The number of ketones is 1. The van der Waals surface area contributed by atoms with Crippen LogP contribution in [-0.4, -0.2) is 98.0 Å². The van der Waals surface area contributed by atoms with Crippen LogP contribution in [0.1, 0.15) is 52.1 Å². The SMILES string of the molecule is CCN(C(=O)c1cccc(C(=O)CNCCN2CCC(OC(=O)Nc3ccccc3-c3ccccc3)CC2)c1)N(Cc1ncc[nH]1)Cc1ncc[nH]1. The fourth-order valence-electron chi connectivity index (χ4n) is 6.33. The molecule has 3 aromatic carbocycles. The van der Waals surface area contributed by atoms with Crippen LogP contribution in [-0.2, 0) is 17.8 Å². The minimum Gasteiger partial charge on any atom is -0.446 e. The normalized spacial score (nSPS) is 13.6. The Morgan fingerprint density at radius 2 is 1.54 bits per heavy atom. The number of rotatable bonds is 16. The summed E-state index contributed by atoms with van der Waals surface area (Å²) in [6.45, 7) is 6.22. The maximum Gasteiger partial charge on any atom is 0.411 e. The van der Waals surface area contributed by atoms with Crippen LogP contribution in [0.2, 0.25) is 0 Å². The van der Waals surface area contributed by atoms with Gasteiger partial charge in [0.15, 0.2) is 5.78 Å². The number of likely N-dealkylation sites (tertiary alicyclic amines) is 1. The number of aromatic amines is 2. The first-order valence-electron chi connectivity index (χ1n) is 17.7. The first kappa shape index (κ1) is 36.2. The Kier molecular flexibility index (Phi) is 12.5. The van der Waals surface area contributed by atoms with Gasteiger partial charge in [-0.25, -0.2) is 19.8 Å². The number of nitrogens with one attached hydrogen (secondary N) is 4. The zero-order valence-corrected chi connectivity index (χ0v) is 29.3. The number of hydrazine groups is 1. The van der Waals surface area contributed by atoms with E-state index in [0.717, 1.165) is 55.3 Å². The number of imidazole rings is 2. The van der Waals surface area contributed by atoms with E-state index in [1.54, 1.807) is 54.1 Å². The standard InChI is InChI=1S/C39H45N9O4/c1-2-48(47(27-36-41-17-18-42-36)28-37-43-19-20-44-37)38(50)31-12-8-11-30(25-31)35(49)26-40-21-24-46-22-15-32(16-23-46)52-39(51)45-34-14-7-6-13-33(34)29-9-4-3-5-10-29/h3-14,17-20,25,32,40H,2,15-16,21-24,26-28H2,1H3,(H,41,42)(H,43,44)(H,45,51). The minimum atomic E-state index is -0.449. The van der Waals surface area contributed by atoms with Gasteiger partial charge in [0.25, 0.3) is 5.91 Å². The van der Waals surface area contributed by atoms with Crippen molar-refractivity contribution >= 4 is 23.5 Å². The summed E-state index contributed by atoms with van der Waals surface area (Å²) in [6, 6.07) is 24.5. The predicted molar refractivity (Wildman–Crippen MR) is 198 cm³/mol. The monoisotopic (exact) mass is 703 g/mol. The van der Waals surface area contributed by atoms with Crippen molar-refractivity contribution in [3.8, 4) is 11.1 Å². The van der Waals surface area contributed by atoms with E-state index in [2.05, 4.69) is 35.5 Å². The van der Waals surface area contributed by atoms with Gasteiger partial charge >= 0.3 is 6.09 Å². The predicted octanol–water partition coefficient (Wildman–Crippen LogP) is 5.36. The number of hydrogen-bond donors (Lipinski definition) is 4. The van der Waals surface area contributed by atoms with Crippen molar-refractivity contribution in [1.82, 2.24) is 40.2 Å². The largest absolute Gasteiger partial charge is 0.446 e. The number of carbonyl (C=O) groups excluding carboxylic acids is 3. The number of ether oxygens (including phenoxy) is 1. The second kappa shape index (κ2) is 18.0. The second-order valence-electron chi connectivity index (χ2n) is 12.6. The first-order chi connectivity index (χ1) is 25.5. The number of benzene rings is 3. The summed E-state index contributed by atoms with van der Waals surface area (Å²) in [7, 11) is 0. The molecule has 2 amide bonds. The van der Waals surface area contributed by atoms with E-state index in [0.29, 0.717) is 43.0 Å². The summed E-state index contributed by atoms with van der Waals surface area (Å²) in [4.78, 5) is 56.9. The number of piperidine rings is 1. The number of carbonyl (C=O) groups is 3. The van der Waals surface area contributed by atoms with Crippen LogP contribution in [0, 0.1) is 0 Å². The van der Waals surface area contributed by atoms with Crippen LogP contribution in [0.25, 0.3) is 11.1 Å². The number of nitrogens with zero attached hydrogens (tertiary/aromatic N) is 5. The van der Waals surface area contributed by atoms with Gasteiger partial charge in [-0.2, -0.15) is 0 Å². The van der Waals surface area contributed by atoms with E-state index in [-0.39, 0.29) is 24.3 Å². The van der Waals surface area contributed by atoms with Crippen molar-refractivity contribution in [1.29, 1.82) is 0 Å². The van der Waals surface area contributed by atoms with E-state index < -0.39 is 6.09 Å². The molecule has 0 bridgehead atoms. The summed E-state index contributed by atoms with van der Waals surface area (Å²) in [6.07, 6.45) is 7.72. The molecule has 6 rings (SSSR count). The lowest BCUT2D eigenvalue weighted by atomic mass is 10.0. The van der Waals surface area contributed by atoms with Gasteiger partial charge in [-0.1, -0.05) is 60.7 Å². The van der Waals surface area contributed by atoms with Crippen LogP contribution in [0.4, 0.5) is 10.5 Å². The van der Waals surface area contributed by atoms with Crippen molar-refractivity contribution in [3.63, 3.8) is 0 Å². The van der Waals surface area contributed by atoms with E-state index >= 15 is 0 Å². The molecule has 1 saturated heterocycles. The van der Waals surface area contributed by atoms with Crippen LogP contribution in [0.15, 0.2) is 104 Å². The Hall–Kier alpha value is -5.63. The molecule has 4 N–H and O–H groups in total. The molecule has 0 spiro atoms. The quantitative estimate of drug-likeness (QED) is 0.0605.